The molecule has 4 aromatic carbocycles. The average Bonchev–Trinajstić information content (AvgIpc) is 3.17. The van der Waals surface area contributed by atoms with E-state index in [1.54, 1.807) is 38.5 Å². The number of hydrogen-bond acceptors (Lipinski definition) is 11. The highest BCUT2D eigenvalue weighted by atomic mass is 16.7. The fourth-order valence-corrected chi connectivity index (χ4v) is 5.45. The molecular formula is C40H44O11. The summed E-state index contributed by atoms with van der Waals surface area (Å²) in [5, 5.41) is 31.6. The van der Waals surface area contributed by atoms with Gasteiger partial charge < -0.3 is 48.5 Å². The number of carbonyl (C=O) groups is 1. The first-order valence-electron chi connectivity index (χ1n) is 16.6. The summed E-state index contributed by atoms with van der Waals surface area (Å²) in [4.78, 5) is 12.0. The number of aliphatic hydroxyl groups excluding tert-OH is 3. The first kappa shape index (κ1) is 37.5. The van der Waals surface area contributed by atoms with Gasteiger partial charge >= 0.3 is 0 Å². The number of ether oxygens (including phenoxy) is 7. The van der Waals surface area contributed by atoms with Crippen molar-refractivity contribution in [1.29, 1.82) is 0 Å². The van der Waals surface area contributed by atoms with Gasteiger partial charge in [0.2, 0.25) is 0 Å². The Morgan fingerprint density at radius 2 is 1.35 bits per heavy atom. The minimum atomic E-state index is -1.53. The highest BCUT2D eigenvalue weighted by Gasteiger charge is 2.44. The quantitative estimate of drug-likeness (QED) is 0.0996. The highest BCUT2D eigenvalue weighted by molar-refractivity contribution is 5.82. The van der Waals surface area contributed by atoms with Gasteiger partial charge in [-0.2, -0.15) is 0 Å². The summed E-state index contributed by atoms with van der Waals surface area (Å²) in [7, 11) is 3.10. The lowest BCUT2D eigenvalue weighted by Gasteiger charge is -2.40. The van der Waals surface area contributed by atoms with Gasteiger partial charge in [0.05, 0.1) is 34.0 Å². The molecule has 51 heavy (non-hydrogen) atoms. The predicted octanol–water partition coefficient (Wildman–Crippen LogP) is 4.53. The summed E-state index contributed by atoms with van der Waals surface area (Å²) in [6.45, 7) is 0.550. The summed E-state index contributed by atoms with van der Waals surface area (Å²) in [5.74, 6) is 2.24. The van der Waals surface area contributed by atoms with Crippen molar-refractivity contribution in [2.45, 2.75) is 50.3 Å². The van der Waals surface area contributed by atoms with Gasteiger partial charge in [-0.05, 0) is 59.0 Å². The number of aliphatic hydroxyl groups is 3. The van der Waals surface area contributed by atoms with Crippen LogP contribution in [0.1, 0.15) is 22.3 Å². The normalized spacial score (nSPS) is 20.4. The minimum Gasteiger partial charge on any atom is -0.493 e. The summed E-state index contributed by atoms with van der Waals surface area (Å²) in [6, 6.07) is 30.4. The van der Waals surface area contributed by atoms with E-state index in [-0.39, 0.29) is 19.8 Å². The smallest absolute Gasteiger partial charge is 0.186 e. The number of aldehydes is 1. The molecule has 0 aromatic heterocycles. The molecule has 270 valence electrons. The van der Waals surface area contributed by atoms with E-state index in [9.17, 15) is 20.1 Å². The maximum atomic E-state index is 12.0. The number of rotatable bonds is 18. The van der Waals surface area contributed by atoms with Crippen molar-refractivity contribution in [3.8, 4) is 23.0 Å². The first-order valence-corrected chi connectivity index (χ1v) is 16.6. The summed E-state index contributed by atoms with van der Waals surface area (Å²) >= 11 is 0. The molecule has 0 aliphatic carbocycles. The fourth-order valence-electron chi connectivity index (χ4n) is 5.45. The number of carbonyl (C=O) groups excluding carboxylic acids is 1. The Hall–Kier alpha value is -4.75. The lowest BCUT2D eigenvalue weighted by Crippen LogP contribution is -2.59. The molecular weight excluding hydrogens is 656 g/mol. The van der Waals surface area contributed by atoms with Gasteiger partial charge in [0.25, 0.3) is 0 Å². The van der Waals surface area contributed by atoms with Gasteiger partial charge in [0.1, 0.15) is 43.9 Å². The Kier molecular flexibility index (Phi) is 14.0. The number of methoxy groups -OCH3 is 2. The molecule has 11 nitrogen and oxygen atoms in total. The van der Waals surface area contributed by atoms with Crippen molar-refractivity contribution in [3.63, 3.8) is 0 Å². The van der Waals surface area contributed by atoms with E-state index in [1.807, 2.05) is 78.9 Å². The third kappa shape index (κ3) is 10.6. The standard InChI is InChI=1S/C40H44O11/c1-45-32-15-13-27(20-34(32)46-2)17-18-48-40-39(44)38(43)37(42)36(51-40)26-47-23-31(22-41)19-30-14-16-33(49-24-28-9-5-3-6-10-28)35(21-30)50-25-29-11-7-4-8-12-29/h3-16,19-22,36-40,42-44H,17-18,23-26H2,1-2H3/b31-19+. The van der Waals surface area contributed by atoms with Gasteiger partial charge in [-0.15, -0.1) is 0 Å². The fraction of sp³-hybridized carbons (Fsp3) is 0.325. The van der Waals surface area contributed by atoms with Crippen LogP contribution in [0.3, 0.4) is 0 Å². The van der Waals surface area contributed by atoms with Crippen LogP contribution in [0, 0.1) is 0 Å². The molecule has 5 rings (SSSR count). The van der Waals surface area contributed by atoms with Gasteiger partial charge in [-0.3, -0.25) is 4.79 Å². The minimum absolute atomic E-state index is 0.105. The molecule has 1 aliphatic rings. The second-order valence-electron chi connectivity index (χ2n) is 11.9. The van der Waals surface area contributed by atoms with Crippen molar-refractivity contribution < 1.29 is 53.3 Å². The van der Waals surface area contributed by atoms with E-state index in [4.69, 9.17) is 33.2 Å². The van der Waals surface area contributed by atoms with Gasteiger partial charge in [-0.1, -0.05) is 72.8 Å². The maximum Gasteiger partial charge on any atom is 0.186 e. The molecule has 1 fully saturated rings. The van der Waals surface area contributed by atoms with Crippen molar-refractivity contribution in [2.24, 2.45) is 0 Å². The molecule has 11 heteroatoms. The molecule has 0 spiro atoms. The summed E-state index contributed by atoms with van der Waals surface area (Å²) in [6.07, 6.45) is -3.89. The molecule has 0 amide bonds. The van der Waals surface area contributed by atoms with E-state index >= 15 is 0 Å². The van der Waals surface area contributed by atoms with E-state index in [1.165, 1.54) is 0 Å². The Morgan fingerprint density at radius 3 is 2.00 bits per heavy atom. The zero-order valence-electron chi connectivity index (χ0n) is 28.6. The molecule has 1 heterocycles. The van der Waals surface area contributed by atoms with E-state index in [2.05, 4.69) is 0 Å². The first-order chi connectivity index (χ1) is 24.9. The van der Waals surface area contributed by atoms with Crippen LogP contribution in [0.2, 0.25) is 0 Å². The Morgan fingerprint density at radius 1 is 0.706 bits per heavy atom. The number of hydrogen-bond donors (Lipinski definition) is 3. The second-order valence-corrected chi connectivity index (χ2v) is 11.9. The van der Waals surface area contributed by atoms with Crippen molar-refractivity contribution in [3.05, 3.63) is 125 Å². The van der Waals surface area contributed by atoms with Crippen molar-refractivity contribution >= 4 is 12.4 Å². The van der Waals surface area contributed by atoms with E-state index in [0.29, 0.717) is 60.1 Å². The van der Waals surface area contributed by atoms with Crippen molar-refractivity contribution in [1.82, 2.24) is 0 Å². The van der Waals surface area contributed by atoms with E-state index < -0.39 is 30.7 Å². The average molecular weight is 701 g/mol. The van der Waals surface area contributed by atoms with Gasteiger partial charge in [0.15, 0.2) is 29.3 Å². The maximum absolute atomic E-state index is 12.0. The second kappa shape index (κ2) is 19.0. The van der Waals surface area contributed by atoms with Crippen LogP contribution in [0.25, 0.3) is 6.08 Å². The molecule has 0 saturated carbocycles. The molecule has 4 aromatic rings. The van der Waals surface area contributed by atoms with E-state index in [0.717, 1.165) is 16.7 Å². The topological polar surface area (TPSA) is 142 Å². The summed E-state index contributed by atoms with van der Waals surface area (Å²) < 4.78 is 40.2. The van der Waals surface area contributed by atoms with Crippen LogP contribution in [0.5, 0.6) is 23.0 Å². The van der Waals surface area contributed by atoms with Crippen LogP contribution >= 0.6 is 0 Å². The van der Waals surface area contributed by atoms with Crippen molar-refractivity contribution in [2.75, 3.05) is 34.0 Å². The SMILES string of the molecule is COc1ccc(CCOC2OC(COC/C(C=O)=C/c3ccc(OCc4ccccc4)c(OCc4ccccc4)c3)C(O)C(O)C2O)cc1OC. The van der Waals surface area contributed by atoms with Gasteiger partial charge in [0, 0.05) is 5.57 Å². The Balaban J connectivity index is 1.18. The lowest BCUT2D eigenvalue weighted by atomic mass is 9.99. The van der Waals surface area contributed by atoms with Crippen LogP contribution in [0.15, 0.2) is 103 Å². The third-order valence-electron chi connectivity index (χ3n) is 8.29. The zero-order valence-corrected chi connectivity index (χ0v) is 28.6. The van der Waals surface area contributed by atoms with Gasteiger partial charge in [-0.25, -0.2) is 0 Å². The number of benzene rings is 4. The molecule has 1 saturated heterocycles. The zero-order chi connectivity index (χ0) is 36.0. The Bertz CT molecular complexity index is 1700. The predicted molar refractivity (Wildman–Crippen MR) is 189 cm³/mol. The third-order valence-corrected chi connectivity index (χ3v) is 8.29. The lowest BCUT2D eigenvalue weighted by molar-refractivity contribution is -0.302. The molecule has 5 atom stereocenters. The van der Waals surface area contributed by atoms with Crippen LogP contribution in [-0.2, 0) is 38.6 Å². The summed E-state index contributed by atoms with van der Waals surface area (Å²) in [5.41, 5.74) is 3.90. The molecule has 1 aliphatic heterocycles. The van der Waals surface area contributed by atoms with Crippen LogP contribution in [0.4, 0.5) is 0 Å². The largest absolute Gasteiger partial charge is 0.493 e. The van der Waals surface area contributed by atoms with Crippen LogP contribution < -0.4 is 18.9 Å². The van der Waals surface area contributed by atoms with Crippen LogP contribution in [-0.4, -0.2) is 86.4 Å². The Labute approximate surface area is 297 Å². The molecule has 0 bridgehead atoms. The monoisotopic (exact) mass is 700 g/mol. The molecule has 5 unspecified atom stereocenters. The molecule has 3 N–H and O–H groups in total. The molecule has 0 radical (unpaired) electrons. The highest BCUT2D eigenvalue weighted by Crippen LogP contribution is 2.31.